The maximum Gasteiger partial charge on any atom is 0.331 e. The Morgan fingerprint density at radius 1 is 1.20 bits per heavy atom. The van der Waals surface area contributed by atoms with Crippen LogP contribution in [0.5, 0.6) is 11.5 Å². The Hall–Kier alpha value is -2.49. The second-order valence-corrected chi connectivity index (χ2v) is 5.99. The van der Waals surface area contributed by atoms with Gasteiger partial charge in [-0.2, -0.15) is 0 Å². The first-order valence-corrected chi connectivity index (χ1v) is 8.52. The first kappa shape index (κ1) is 20.6. The number of benzene rings is 1. The number of ether oxygens (including phenoxy) is 2. The van der Waals surface area contributed by atoms with Gasteiger partial charge in [-0.05, 0) is 70.4 Å². The lowest BCUT2D eigenvalue weighted by atomic mass is 10.1. The molecular weight excluding hydrogens is 316 g/mol. The molecule has 0 fully saturated rings. The van der Waals surface area contributed by atoms with Gasteiger partial charge in [-0.15, -0.1) is 0 Å². The van der Waals surface area contributed by atoms with Crippen molar-refractivity contribution < 1.29 is 19.4 Å². The van der Waals surface area contributed by atoms with Crippen molar-refractivity contribution in [1.29, 1.82) is 0 Å². The third kappa shape index (κ3) is 8.80. The van der Waals surface area contributed by atoms with Crippen LogP contribution in [-0.2, 0) is 9.53 Å². The summed E-state index contributed by atoms with van der Waals surface area (Å²) in [6.45, 7) is 8.79. The lowest BCUT2D eigenvalue weighted by Gasteiger charge is -2.05. The average Bonchev–Trinajstić information content (AvgIpc) is 2.55. The van der Waals surface area contributed by atoms with E-state index in [9.17, 15) is 9.90 Å². The maximum atomic E-state index is 11.7. The van der Waals surface area contributed by atoms with Gasteiger partial charge in [-0.25, -0.2) is 4.79 Å². The monoisotopic (exact) mass is 344 g/mol. The van der Waals surface area contributed by atoms with Crippen molar-refractivity contribution in [3.63, 3.8) is 0 Å². The summed E-state index contributed by atoms with van der Waals surface area (Å²) in [5.74, 6) is 0.0602. The van der Waals surface area contributed by atoms with Crippen LogP contribution >= 0.6 is 0 Å². The highest BCUT2D eigenvalue weighted by Crippen LogP contribution is 2.27. The third-order valence-electron chi connectivity index (χ3n) is 3.44. The normalized spacial score (nSPS) is 11.4. The van der Waals surface area contributed by atoms with Gasteiger partial charge in [-0.3, -0.25) is 0 Å². The van der Waals surface area contributed by atoms with E-state index in [0.29, 0.717) is 17.9 Å². The first-order valence-electron chi connectivity index (χ1n) is 8.52. The van der Waals surface area contributed by atoms with Gasteiger partial charge in [0.2, 0.25) is 0 Å². The topological polar surface area (TPSA) is 55.8 Å². The molecule has 1 aromatic rings. The highest BCUT2D eigenvalue weighted by molar-refractivity contribution is 5.87. The lowest BCUT2D eigenvalue weighted by molar-refractivity contribution is -0.136. The summed E-state index contributed by atoms with van der Waals surface area (Å²) in [4.78, 5) is 11.7. The summed E-state index contributed by atoms with van der Waals surface area (Å²) in [7, 11) is 0. The van der Waals surface area contributed by atoms with Crippen LogP contribution in [0.15, 0.2) is 47.6 Å². The van der Waals surface area contributed by atoms with Crippen molar-refractivity contribution in [1.82, 2.24) is 0 Å². The number of phenolic OH excluding ortho intramolecular Hbond substituents is 1. The van der Waals surface area contributed by atoms with Crippen molar-refractivity contribution in [2.75, 3.05) is 13.2 Å². The first-order chi connectivity index (χ1) is 11.9. The Kier molecular flexibility index (Phi) is 9.15. The van der Waals surface area contributed by atoms with Gasteiger partial charge in [0.15, 0.2) is 11.5 Å². The molecule has 0 amide bonds. The average molecular weight is 344 g/mol. The molecular formula is C21H28O4. The van der Waals surface area contributed by atoms with E-state index in [1.165, 1.54) is 17.2 Å². The molecule has 136 valence electrons. The zero-order valence-corrected chi connectivity index (χ0v) is 15.5. The van der Waals surface area contributed by atoms with Crippen LogP contribution in [0.1, 0.15) is 46.1 Å². The van der Waals surface area contributed by atoms with Crippen molar-refractivity contribution in [3.8, 4) is 11.5 Å². The van der Waals surface area contributed by atoms with E-state index in [0.717, 1.165) is 12.8 Å². The van der Waals surface area contributed by atoms with Gasteiger partial charge in [0.25, 0.3) is 0 Å². The number of phenols is 1. The molecule has 0 aromatic heterocycles. The second kappa shape index (κ2) is 11.1. The third-order valence-corrected chi connectivity index (χ3v) is 3.44. The molecule has 25 heavy (non-hydrogen) atoms. The SMILES string of the molecule is CCOc1ccc(C=CC(=O)OCC=C(C)CCC=C(C)C)cc1O. The molecule has 0 saturated carbocycles. The number of aromatic hydroxyl groups is 1. The quantitative estimate of drug-likeness (QED) is 0.387. The molecule has 0 heterocycles. The van der Waals surface area contributed by atoms with Crippen LogP contribution in [0.4, 0.5) is 0 Å². The van der Waals surface area contributed by atoms with Crippen molar-refractivity contribution >= 4 is 12.0 Å². The minimum atomic E-state index is -0.415. The number of rotatable bonds is 9. The van der Waals surface area contributed by atoms with Crippen LogP contribution in [0, 0.1) is 0 Å². The molecule has 0 aliphatic carbocycles. The summed E-state index contributed by atoms with van der Waals surface area (Å²) in [6.07, 6.45) is 9.03. The number of hydrogen-bond acceptors (Lipinski definition) is 4. The van der Waals surface area contributed by atoms with E-state index in [2.05, 4.69) is 19.9 Å². The second-order valence-electron chi connectivity index (χ2n) is 5.99. The summed E-state index contributed by atoms with van der Waals surface area (Å²) >= 11 is 0. The maximum absolute atomic E-state index is 11.7. The Bertz CT molecular complexity index is 650. The summed E-state index contributed by atoms with van der Waals surface area (Å²) in [5, 5.41) is 9.81. The van der Waals surface area contributed by atoms with Crippen LogP contribution in [0.3, 0.4) is 0 Å². The molecule has 4 heteroatoms. The van der Waals surface area contributed by atoms with Gasteiger partial charge in [0.05, 0.1) is 6.61 Å². The number of carbonyl (C=O) groups excluding carboxylic acids is 1. The Morgan fingerprint density at radius 2 is 1.96 bits per heavy atom. The zero-order chi connectivity index (χ0) is 18.7. The Morgan fingerprint density at radius 3 is 2.60 bits per heavy atom. The zero-order valence-electron chi connectivity index (χ0n) is 15.5. The number of allylic oxidation sites excluding steroid dienone is 3. The Balaban J connectivity index is 2.44. The minimum absolute atomic E-state index is 0.0484. The number of carbonyl (C=O) groups is 1. The summed E-state index contributed by atoms with van der Waals surface area (Å²) in [6, 6.07) is 4.98. The molecule has 1 rings (SSSR count). The fourth-order valence-electron chi connectivity index (χ4n) is 2.08. The van der Waals surface area contributed by atoms with Gasteiger partial charge in [-0.1, -0.05) is 23.3 Å². The number of hydrogen-bond donors (Lipinski definition) is 1. The fourth-order valence-corrected chi connectivity index (χ4v) is 2.08. The summed E-state index contributed by atoms with van der Waals surface area (Å²) in [5.41, 5.74) is 3.21. The molecule has 0 radical (unpaired) electrons. The van der Waals surface area contributed by atoms with Crippen LogP contribution in [0.25, 0.3) is 6.08 Å². The molecule has 0 bridgehead atoms. The molecule has 0 unspecified atom stereocenters. The van der Waals surface area contributed by atoms with E-state index in [-0.39, 0.29) is 12.4 Å². The molecule has 1 aromatic carbocycles. The van der Waals surface area contributed by atoms with E-state index in [1.807, 2.05) is 19.9 Å². The molecule has 1 N–H and O–H groups in total. The van der Waals surface area contributed by atoms with Crippen LogP contribution in [0.2, 0.25) is 0 Å². The van der Waals surface area contributed by atoms with Gasteiger partial charge in [0, 0.05) is 6.08 Å². The standard InChI is InChI=1S/C21H28O4/c1-5-24-20-11-9-18(15-19(20)22)10-12-21(23)25-14-13-17(4)8-6-7-16(2)3/h7,9-13,15,22H,5-6,8,14H2,1-4H3. The molecule has 0 spiro atoms. The highest BCUT2D eigenvalue weighted by atomic mass is 16.5. The van der Waals surface area contributed by atoms with Crippen molar-refractivity contribution in [2.24, 2.45) is 0 Å². The van der Waals surface area contributed by atoms with Crippen LogP contribution < -0.4 is 4.74 Å². The Labute approximate surface area is 150 Å². The van der Waals surface area contributed by atoms with Crippen molar-refractivity contribution in [2.45, 2.75) is 40.5 Å². The van der Waals surface area contributed by atoms with Crippen LogP contribution in [-0.4, -0.2) is 24.3 Å². The molecule has 0 atom stereocenters. The highest BCUT2D eigenvalue weighted by Gasteiger charge is 2.02. The van der Waals surface area contributed by atoms with Gasteiger partial charge in [0.1, 0.15) is 6.61 Å². The molecule has 4 nitrogen and oxygen atoms in total. The van der Waals surface area contributed by atoms with E-state index in [4.69, 9.17) is 9.47 Å². The fraction of sp³-hybridized carbons (Fsp3) is 0.381. The van der Waals surface area contributed by atoms with E-state index < -0.39 is 5.97 Å². The van der Waals surface area contributed by atoms with E-state index in [1.54, 1.807) is 24.3 Å². The molecule has 0 aliphatic heterocycles. The minimum Gasteiger partial charge on any atom is -0.504 e. The van der Waals surface area contributed by atoms with Gasteiger partial charge >= 0.3 is 5.97 Å². The summed E-state index contributed by atoms with van der Waals surface area (Å²) < 4.78 is 10.4. The van der Waals surface area contributed by atoms with E-state index >= 15 is 0 Å². The lowest BCUT2D eigenvalue weighted by Crippen LogP contribution is -2.00. The predicted octanol–water partition coefficient (Wildman–Crippen LogP) is 5.04. The van der Waals surface area contributed by atoms with Gasteiger partial charge < -0.3 is 14.6 Å². The molecule has 0 saturated heterocycles. The largest absolute Gasteiger partial charge is 0.504 e. The number of esters is 1. The molecule has 0 aliphatic rings. The van der Waals surface area contributed by atoms with Crippen molar-refractivity contribution in [3.05, 3.63) is 53.1 Å². The smallest absolute Gasteiger partial charge is 0.331 e. The predicted molar refractivity (Wildman–Crippen MR) is 102 cm³/mol.